The summed E-state index contributed by atoms with van der Waals surface area (Å²) >= 11 is 6.14. The average Bonchev–Trinajstić information content (AvgIpc) is 3.41. The molecule has 1 aliphatic carbocycles. The van der Waals surface area contributed by atoms with E-state index < -0.39 is 11.4 Å². The number of likely N-dealkylation sites (N-methyl/N-ethyl adjacent to an activating group) is 1. The summed E-state index contributed by atoms with van der Waals surface area (Å²) in [5.41, 5.74) is 0.659. The Labute approximate surface area is 192 Å². The number of rotatable bonds is 5. The van der Waals surface area contributed by atoms with Gasteiger partial charge in [0.15, 0.2) is 5.69 Å². The molecule has 0 bridgehead atoms. The van der Waals surface area contributed by atoms with Gasteiger partial charge in [0.05, 0.1) is 6.54 Å². The lowest BCUT2D eigenvalue weighted by molar-refractivity contribution is -0.133. The van der Waals surface area contributed by atoms with Crippen LogP contribution in [0.2, 0.25) is 5.02 Å². The third-order valence-corrected chi connectivity index (χ3v) is 6.95. The van der Waals surface area contributed by atoms with E-state index in [1.807, 2.05) is 13.8 Å². The summed E-state index contributed by atoms with van der Waals surface area (Å²) in [6.45, 7) is 5.98. The van der Waals surface area contributed by atoms with Gasteiger partial charge in [0.25, 0.3) is 11.8 Å². The van der Waals surface area contributed by atoms with E-state index in [2.05, 4.69) is 15.7 Å². The summed E-state index contributed by atoms with van der Waals surface area (Å²) in [6, 6.07) is 6.88. The number of aromatic nitrogens is 2. The standard InChI is InChI=1S/C23H28ClN5O3/c1-4-28-21(31)19-12-18(20(30)26-17-11-7-10-16(24)14(17)2)27-29(19)13-23(28,3)22(32)25-15-8-5-6-9-15/h7,10-12,15H,4-6,8-9,13H2,1-3H3,(H,25,32)(H,26,30). The number of fused-ring (bicyclic) bond motifs is 1. The van der Waals surface area contributed by atoms with Gasteiger partial charge in [-0.05, 0) is 51.3 Å². The molecule has 0 spiro atoms. The molecule has 1 aliphatic heterocycles. The molecule has 1 saturated carbocycles. The zero-order chi connectivity index (χ0) is 23.0. The summed E-state index contributed by atoms with van der Waals surface area (Å²) in [5, 5.41) is 10.8. The Morgan fingerprint density at radius 3 is 2.69 bits per heavy atom. The Bertz CT molecular complexity index is 1080. The topological polar surface area (TPSA) is 96.3 Å². The quantitative estimate of drug-likeness (QED) is 0.719. The first-order valence-electron chi connectivity index (χ1n) is 11.0. The van der Waals surface area contributed by atoms with Gasteiger partial charge in [-0.25, -0.2) is 0 Å². The van der Waals surface area contributed by atoms with Gasteiger partial charge in [0, 0.05) is 29.4 Å². The van der Waals surface area contributed by atoms with Crippen LogP contribution in [0.15, 0.2) is 24.3 Å². The molecule has 1 aromatic carbocycles. The largest absolute Gasteiger partial charge is 0.351 e. The molecule has 0 radical (unpaired) electrons. The van der Waals surface area contributed by atoms with Crippen LogP contribution in [0.1, 0.15) is 66.1 Å². The van der Waals surface area contributed by atoms with Gasteiger partial charge in [-0.3, -0.25) is 19.1 Å². The summed E-state index contributed by atoms with van der Waals surface area (Å²) < 4.78 is 1.47. The van der Waals surface area contributed by atoms with Crippen molar-refractivity contribution in [3.63, 3.8) is 0 Å². The Balaban J connectivity index is 1.59. The van der Waals surface area contributed by atoms with E-state index in [0.29, 0.717) is 22.9 Å². The minimum Gasteiger partial charge on any atom is -0.351 e. The normalized spacial score (nSPS) is 20.9. The van der Waals surface area contributed by atoms with E-state index in [4.69, 9.17) is 11.6 Å². The molecule has 0 saturated heterocycles. The predicted molar refractivity (Wildman–Crippen MR) is 122 cm³/mol. The first-order chi connectivity index (χ1) is 15.2. The van der Waals surface area contributed by atoms with E-state index >= 15 is 0 Å². The van der Waals surface area contributed by atoms with Crippen LogP contribution in [-0.2, 0) is 11.3 Å². The van der Waals surface area contributed by atoms with Crippen LogP contribution >= 0.6 is 11.6 Å². The second kappa shape index (κ2) is 8.58. The Morgan fingerprint density at radius 2 is 2.00 bits per heavy atom. The molecule has 1 atom stereocenters. The predicted octanol–water partition coefficient (Wildman–Crippen LogP) is 3.39. The summed E-state index contributed by atoms with van der Waals surface area (Å²) in [7, 11) is 0. The highest BCUT2D eigenvalue weighted by Crippen LogP contribution is 2.29. The smallest absolute Gasteiger partial charge is 0.276 e. The van der Waals surface area contributed by atoms with Crippen molar-refractivity contribution in [3.8, 4) is 0 Å². The summed E-state index contributed by atoms with van der Waals surface area (Å²) in [6.07, 6.45) is 4.13. The van der Waals surface area contributed by atoms with Gasteiger partial charge in [0.1, 0.15) is 11.2 Å². The molecule has 8 nitrogen and oxygen atoms in total. The second-order valence-corrected chi connectivity index (χ2v) is 9.12. The van der Waals surface area contributed by atoms with Crippen molar-refractivity contribution in [3.05, 3.63) is 46.2 Å². The zero-order valence-corrected chi connectivity index (χ0v) is 19.3. The molecule has 1 unspecified atom stereocenters. The van der Waals surface area contributed by atoms with E-state index in [-0.39, 0.29) is 30.1 Å². The number of halogens is 1. The maximum absolute atomic E-state index is 13.2. The van der Waals surface area contributed by atoms with Gasteiger partial charge in [-0.2, -0.15) is 5.10 Å². The van der Waals surface area contributed by atoms with Crippen LogP contribution < -0.4 is 10.6 Å². The third-order valence-electron chi connectivity index (χ3n) is 6.54. The van der Waals surface area contributed by atoms with Crippen molar-refractivity contribution in [1.82, 2.24) is 20.0 Å². The minimum atomic E-state index is -1.08. The first-order valence-corrected chi connectivity index (χ1v) is 11.4. The molecule has 2 aliphatic rings. The monoisotopic (exact) mass is 457 g/mol. The van der Waals surface area contributed by atoms with Gasteiger partial charge < -0.3 is 15.5 Å². The third kappa shape index (κ3) is 3.88. The van der Waals surface area contributed by atoms with Gasteiger partial charge >= 0.3 is 0 Å². The highest BCUT2D eigenvalue weighted by atomic mass is 35.5. The van der Waals surface area contributed by atoms with Crippen LogP contribution in [0.3, 0.4) is 0 Å². The van der Waals surface area contributed by atoms with Crippen LogP contribution in [0.5, 0.6) is 0 Å². The fourth-order valence-electron chi connectivity index (χ4n) is 4.59. The Hall–Kier alpha value is -2.87. The second-order valence-electron chi connectivity index (χ2n) is 8.72. The lowest BCUT2D eigenvalue weighted by Gasteiger charge is -2.43. The number of amides is 3. The summed E-state index contributed by atoms with van der Waals surface area (Å²) in [5.74, 6) is -0.931. The van der Waals surface area contributed by atoms with E-state index in [1.165, 1.54) is 10.7 Å². The van der Waals surface area contributed by atoms with E-state index in [1.54, 1.807) is 30.0 Å². The number of benzene rings is 1. The Kier molecular flexibility index (Phi) is 5.99. The van der Waals surface area contributed by atoms with Crippen molar-refractivity contribution < 1.29 is 14.4 Å². The number of nitrogens with zero attached hydrogens (tertiary/aromatic N) is 3. The summed E-state index contributed by atoms with van der Waals surface area (Å²) in [4.78, 5) is 40.9. The van der Waals surface area contributed by atoms with Crippen molar-refractivity contribution >= 4 is 35.0 Å². The maximum Gasteiger partial charge on any atom is 0.276 e. The number of hydrogen-bond acceptors (Lipinski definition) is 4. The number of nitrogens with one attached hydrogen (secondary N) is 2. The molecular weight excluding hydrogens is 430 g/mol. The highest BCUT2D eigenvalue weighted by Gasteiger charge is 2.48. The van der Waals surface area contributed by atoms with Gasteiger partial charge in [-0.1, -0.05) is 30.5 Å². The molecular formula is C23H28ClN5O3. The number of carbonyl (C=O) groups excluding carboxylic acids is 3. The van der Waals surface area contributed by atoms with Crippen LogP contribution in [0, 0.1) is 6.92 Å². The zero-order valence-electron chi connectivity index (χ0n) is 18.6. The van der Waals surface area contributed by atoms with Crippen molar-refractivity contribution in [2.45, 2.75) is 64.6 Å². The number of hydrogen-bond donors (Lipinski definition) is 2. The molecule has 3 amide bonds. The SMILES string of the molecule is CCN1C(=O)c2cc(C(=O)Nc3cccc(Cl)c3C)nn2CC1(C)C(=O)NC1CCCC1. The van der Waals surface area contributed by atoms with Crippen molar-refractivity contribution in [2.24, 2.45) is 0 Å². The van der Waals surface area contributed by atoms with Gasteiger partial charge in [-0.15, -0.1) is 0 Å². The van der Waals surface area contributed by atoms with Crippen LogP contribution in [-0.4, -0.2) is 50.5 Å². The molecule has 2 heterocycles. The molecule has 1 aromatic heterocycles. The molecule has 4 rings (SSSR count). The molecule has 1 fully saturated rings. The molecule has 9 heteroatoms. The fraction of sp³-hybridized carbons (Fsp3) is 0.478. The lowest BCUT2D eigenvalue weighted by Crippen LogP contribution is -2.64. The highest BCUT2D eigenvalue weighted by molar-refractivity contribution is 6.31. The first kappa shape index (κ1) is 22.3. The van der Waals surface area contributed by atoms with Crippen molar-refractivity contribution in [2.75, 3.05) is 11.9 Å². The van der Waals surface area contributed by atoms with E-state index in [9.17, 15) is 14.4 Å². The van der Waals surface area contributed by atoms with Crippen molar-refractivity contribution in [1.29, 1.82) is 0 Å². The number of anilines is 1. The molecule has 170 valence electrons. The lowest BCUT2D eigenvalue weighted by atomic mass is 9.94. The van der Waals surface area contributed by atoms with Gasteiger partial charge in [0.2, 0.25) is 5.91 Å². The maximum atomic E-state index is 13.2. The number of carbonyl (C=O) groups is 3. The minimum absolute atomic E-state index is 0.115. The molecule has 32 heavy (non-hydrogen) atoms. The fourth-order valence-corrected chi connectivity index (χ4v) is 4.76. The van der Waals surface area contributed by atoms with Crippen LogP contribution in [0.25, 0.3) is 0 Å². The van der Waals surface area contributed by atoms with Crippen LogP contribution in [0.4, 0.5) is 5.69 Å². The molecule has 2 aromatic rings. The Morgan fingerprint density at radius 1 is 1.28 bits per heavy atom. The van der Waals surface area contributed by atoms with E-state index in [0.717, 1.165) is 31.2 Å². The molecule has 2 N–H and O–H groups in total. The average molecular weight is 458 g/mol.